The number of sulfonamides is 1. The smallest absolute Gasteiger partial charge is 0.241 e. The molecule has 0 bridgehead atoms. The van der Waals surface area contributed by atoms with E-state index >= 15 is 0 Å². The average molecular weight is 500 g/mol. The SMILES string of the molecule is Cc1ccc(S(=O)(=O)NC(CC(C)C)C(=O)N2CCN(C(=O)CCCc3ccccc3)CC2)cc1. The first kappa shape index (κ1) is 26.9. The normalized spacial score (nSPS) is 15.3. The van der Waals surface area contributed by atoms with Gasteiger partial charge >= 0.3 is 0 Å². The Bertz CT molecular complexity index is 1080. The van der Waals surface area contributed by atoms with Crippen LogP contribution in [0.5, 0.6) is 0 Å². The van der Waals surface area contributed by atoms with Crippen LogP contribution in [0.15, 0.2) is 59.5 Å². The summed E-state index contributed by atoms with van der Waals surface area (Å²) in [5.41, 5.74) is 2.19. The number of nitrogens with zero attached hydrogens (tertiary/aromatic N) is 2. The van der Waals surface area contributed by atoms with Crippen molar-refractivity contribution in [2.24, 2.45) is 5.92 Å². The standard InChI is InChI=1S/C27H37N3O4S/c1-21(2)20-25(28-35(33,34)24-14-12-22(3)13-15-24)27(32)30-18-16-29(17-19-30)26(31)11-7-10-23-8-5-4-6-9-23/h4-6,8-9,12-15,21,25,28H,7,10-11,16-20H2,1-3H3. The van der Waals surface area contributed by atoms with E-state index in [9.17, 15) is 18.0 Å². The zero-order chi connectivity index (χ0) is 25.4. The van der Waals surface area contributed by atoms with Gasteiger partial charge in [-0.1, -0.05) is 61.9 Å². The molecule has 0 aliphatic carbocycles. The number of aryl methyl sites for hydroxylation is 2. The van der Waals surface area contributed by atoms with Gasteiger partial charge in [0.25, 0.3) is 0 Å². The number of nitrogens with one attached hydrogen (secondary N) is 1. The molecule has 2 aromatic carbocycles. The number of carbonyl (C=O) groups excluding carboxylic acids is 2. The van der Waals surface area contributed by atoms with E-state index in [2.05, 4.69) is 16.9 Å². The third-order valence-electron chi connectivity index (χ3n) is 6.28. The Morgan fingerprint density at radius 3 is 2.11 bits per heavy atom. The lowest BCUT2D eigenvalue weighted by Gasteiger charge is -2.37. The molecule has 2 amide bonds. The van der Waals surface area contributed by atoms with Crippen LogP contribution in [0.2, 0.25) is 0 Å². The second-order valence-electron chi connectivity index (χ2n) is 9.66. The first-order valence-electron chi connectivity index (χ1n) is 12.3. The lowest BCUT2D eigenvalue weighted by Crippen LogP contribution is -2.56. The molecule has 1 heterocycles. The fourth-order valence-corrected chi connectivity index (χ4v) is 5.49. The van der Waals surface area contributed by atoms with Gasteiger partial charge in [-0.25, -0.2) is 8.42 Å². The molecule has 0 saturated carbocycles. The summed E-state index contributed by atoms with van der Waals surface area (Å²) in [7, 11) is -3.83. The summed E-state index contributed by atoms with van der Waals surface area (Å²) in [4.78, 5) is 29.6. The maximum atomic E-state index is 13.3. The maximum absolute atomic E-state index is 13.3. The fraction of sp³-hybridized carbons (Fsp3) is 0.481. The molecule has 1 atom stereocenters. The molecule has 190 valence electrons. The second-order valence-corrected chi connectivity index (χ2v) is 11.4. The number of rotatable bonds is 10. The molecule has 1 saturated heterocycles. The molecule has 7 nitrogen and oxygen atoms in total. The zero-order valence-corrected chi connectivity index (χ0v) is 21.8. The molecule has 2 aromatic rings. The van der Waals surface area contributed by atoms with Gasteiger partial charge in [0.1, 0.15) is 6.04 Å². The second kappa shape index (κ2) is 12.3. The zero-order valence-electron chi connectivity index (χ0n) is 20.9. The van der Waals surface area contributed by atoms with E-state index in [0.29, 0.717) is 39.0 Å². The molecule has 1 fully saturated rings. The Balaban J connectivity index is 1.54. The maximum Gasteiger partial charge on any atom is 0.241 e. The Kier molecular flexibility index (Phi) is 9.46. The topological polar surface area (TPSA) is 86.8 Å². The predicted molar refractivity (Wildman–Crippen MR) is 137 cm³/mol. The van der Waals surface area contributed by atoms with Crippen LogP contribution in [0.1, 0.15) is 44.2 Å². The quantitative estimate of drug-likeness (QED) is 0.543. The summed E-state index contributed by atoms with van der Waals surface area (Å²) in [6, 6.07) is 15.9. The first-order valence-corrected chi connectivity index (χ1v) is 13.8. The van der Waals surface area contributed by atoms with Crippen molar-refractivity contribution in [3.8, 4) is 0 Å². The van der Waals surface area contributed by atoms with E-state index in [0.717, 1.165) is 18.4 Å². The van der Waals surface area contributed by atoms with Gasteiger partial charge in [-0.15, -0.1) is 0 Å². The molecule has 35 heavy (non-hydrogen) atoms. The molecular weight excluding hydrogens is 462 g/mol. The van der Waals surface area contributed by atoms with Gasteiger partial charge in [-0.05, 0) is 49.8 Å². The minimum atomic E-state index is -3.83. The van der Waals surface area contributed by atoms with Crippen molar-refractivity contribution < 1.29 is 18.0 Å². The fourth-order valence-electron chi connectivity index (χ4n) is 4.29. The van der Waals surface area contributed by atoms with Gasteiger partial charge < -0.3 is 9.80 Å². The minimum absolute atomic E-state index is 0.104. The molecule has 8 heteroatoms. The first-order chi connectivity index (χ1) is 16.7. The summed E-state index contributed by atoms with van der Waals surface area (Å²) in [5.74, 6) is 0.00884. The molecule has 1 aliphatic heterocycles. The number of hydrogen-bond donors (Lipinski definition) is 1. The van der Waals surface area contributed by atoms with Crippen molar-refractivity contribution in [1.82, 2.24) is 14.5 Å². The van der Waals surface area contributed by atoms with Crippen molar-refractivity contribution >= 4 is 21.8 Å². The molecule has 1 aliphatic rings. The van der Waals surface area contributed by atoms with Gasteiger partial charge in [0.05, 0.1) is 4.90 Å². The van der Waals surface area contributed by atoms with Gasteiger partial charge in [0, 0.05) is 32.6 Å². The van der Waals surface area contributed by atoms with Gasteiger partial charge in [-0.2, -0.15) is 4.72 Å². The number of benzene rings is 2. The number of carbonyl (C=O) groups is 2. The Hall–Kier alpha value is -2.71. The summed E-state index contributed by atoms with van der Waals surface area (Å²) in [5, 5.41) is 0. The van der Waals surface area contributed by atoms with E-state index < -0.39 is 16.1 Å². The summed E-state index contributed by atoms with van der Waals surface area (Å²) in [6.07, 6.45) is 2.54. The van der Waals surface area contributed by atoms with Crippen LogP contribution in [0.3, 0.4) is 0 Å². The lowest BCUT2D eigenvalue weighted by molar-refractivity contribution is -0.140. The van der Waals surface area contributed by atoms with Crippen LogP contribution in [0.4, 0.5) is 0 Å². The van der Waals surface area contributed by atoms with E-state index in [1.807, 2.05) is 43.9 Å². The third-order valence-corrected chi connectivity index (χ3v) is 7.76. The van der Waals surface area contributed by atoms with Crippen LogP contribution in [0.25, 0.3) is 0 Å². The molecule has 0 aromatic heterocycles. The Labute approximate surface area is 209 Å². The number of amides is 2. The van der Waals surface area contributed by atoms with E-state index in [-0.39, 0.29) is 22.6 Å². The van der Waals surface area contributed by atoms with Crippen LogP contribution < -0.4 is 4.72 Å². The number of hydrogen-bond acceptors (Lipinski definition) is 4. The summed E-state index contributed by atoms with van der Waals surface area (Å²) in [6.45, 7) is 7.57. The van der Waals surface area contributed by atoms with Crippen molar-refractivity contribution in [3.05, 3.63) is 65.7 Å². The van der Waals surface area contributed by atoms with E-state index in [1.54, 1.807) is 29.2 Å². The molecule has 1 unspecified atom stereocenters. The van der Waals surface area contributed by atoms with E-state index in [1.165, 1.54) is 5.56 Å². The monoisotopic (exact) mass is 499 g/mol. The predicted octanol–water partition coefficient (Wildman–Crippen LogP) is 3.38. The van der Waals surface area contributed by atoms with E-state index in [4.69, 9.17) is 0 Å². The Morgan fingerprint density at radius 2 is 1.51 bits per heavy atom. The third kappa shape index (κ3) is 7.90. The van der Waals surface area contributed by atoms with Crippen LogP contribution in [-0.4, -0.2) is 62.3 Å². The summed E-state index contributed by atoms with van der Waals surface area (Å²) >= 11 is 0. The molecule has 0 radical (unpaired) electrons. The summed E-state index contributed by atoms with van der Waals surface area (Å²) < 4.78 is 28.5. The van der Waals surface area contributed by atoms with Crippen LogP contribution in [0, 0.1) is 12.8 Å². The molecule has 1 N–H and O–H groups in total. The molecule has 3 rings (SSSR count). The number of piperazine rings is 1. The minimum Gasteiger partial charge on any atom is -0.339 e. The van der Waals surface area contributed by atoms with Gasteiger partial charge in [-0.3, -0.25) is 9.59 Å². The average Bonchev–Trinajstić information content (AvgIpc) is 2.84. The van der Waals surface area contributed by atoms with Crippen LogP contribution >= 0.6 is 0 Å². The van der Waals surface area contributed by atoms with Crippen LogP contribution in [-0.2, 0) is 26.0 Å². The van der Waals surface area contributed by atoms with Crippen molar-refractivity contribution in [3.63, 3.8) is 0 Å². The molecular formula is C27H37N3O4S. The van der Waals surface area contributed by atoms with Gasteiger partial charge in [0.15, 0.2) is 0 Å². The van der Waals surface area contributed by atoms with Crippen molar-refractivity contribution in [2.45, 2.75) is 57.4 Å². The molecule has 0 spiro atoms. The van der Waals surface area contributed by atoms with Crippen molar-refractivity contribution in [1.29, 1.82) is 0 Å². The lowest BCUT2D eigenvalue weighted by atomic mass is 10.0. The van der Waals surface area contributed by atoms with Gasteiger partial charge in [0.2, 0.25) is 21.8 Å². The Morgan fingerprint density at radius 1 is 0.914 bits per heavy atom. The highest BCUT2D eigenvalue weighted by Gasteiger charge is 2.32. The highest BCUT2D eigenvalue weighted by molar-refractivity contribution is 7.89. The van der Waals surface area contributed by atoms with Crippen molar-refractivity contribution in [2.75, 3.05) is 26.2 Å². The highest BCUT2D eigenvalue weighted by Crippen LogP contribution is 2.16. The highest BCUT2D eigenvalue weighted by atomic mass is 32.2. The largest absolute Gasteiger partial charge is 0.339 e.